The Bertz CT molecular complexity index is 1140. The maximum atomic E-state index is 11.6. The smallest absolute Gasteiger partial charge is 0.293 e. The van der Waals surface area contributed by atoms with Gasteiger partial charge in [-0.15, -0.1) is 0 Å². The molecule has 8 nitrogen and oxygen atoms in total. The van der Waals surface area contributed by atoms with Crippen LogP contribution in [0, 0.1) is 17.0 Å². The minimum Gasteiger partial charge on any atom is -0.375 e. The molecule has 0 atom stereocenters. The van der Waals surface area contributed by atoms with E-state index in [1.807, 2.05) is 31.2 Å². The third kappa shape index (κ3) is 4.11. The molecule has 2 aromatic heterocycles. The Hall–Kier alpha value is -4.07. The highest BCUT2D eigenvalue weighted by atomic mass is 16.6. The fourth-order valence-electron chi connectivity index (χ4n) is 2.83. The molecule has 0 fully saturated rings. The lowest BCUT2D eigenvalue weighted by Gasteiger charge is -2.08. The molecule has 1 N–H and O–H groups in total. The second kappa shape index (κ2) is 7.89. The van der Waals surface area contributed by atoms with Crippen LogP contribution in [-0.2, 0) is 6.54 Å². The van der Waals surface area contributed by atoms with Gasteiger partial charge in [-0.1, -0.05) is 35.0 Å². The first kappa shape index (κ1) is 18.3. The number of nitrogens with one attached hydrogen (secondary N) is 1. The standard InChI is InChI=1S/C21H17N5O3/c1-14-2-4-15(5-3-14)13-23-18-7-6-17(12-19(18)26(27)28)21-24-20(25-29-21)16-8-10-22-11-9-16/h2-12,23H,13H2,1H3. The van der Waals surface area contributed by atoms with Crippen molar-refractivity contribution in [3.05, 3.63) is 88.2 Å². The molecule has 4 rings (SSSR count). The van der Waals surface area contributed by atoms with Gasteiger partial charge in [0.25, 0.3) is 11.6 Å². The maximum absolute atomic E-state index is 11.6. The molecule has 2 aromatic carbocycles. The summed E-state index contributed by atoms with van der Waals surface area (Å²) in [5.41, 5.74) is 3.79. The summed E-state index contributed by atoms with van der Waals surface area (Å²) in [6, 6.07) is 16.3. The Balaban J connectivity index is 1.58. The van der Waals surface area contributed by atoms with Crippen LogP contribution in [0.15, 0.2) is 71.5 Å². The van der Waals surface area contributed by atoms with Crippen molar-refractivity contribution >= 4 is 11.4 Å². The Morgan fingerprint density at radius 3 is 2.52 bits per heavy atom. The van der Waals surface area contributed by atoms with E-state index < -0.39 is 4.92 Å². The molecule has 0 radical (unpaired) electrons. The van der Waals surface area contributed by atoms with E-state index in [1.54, 1.807) is 36.7 Å². The van der Waals surface area contributed by atoms with E-state index in [-0.39, 0.29) is 11.6 Å². The number of nitrogens with zero attached hydrogens (tertiary/aromatic N) is 4. The van der Waals surface area contributed by atoms with E-state index in [0.717, 1.165) is 16.7 Å². The molecule has 2 heterocycles. The van der Waals surface area contributed by atoms with E-state index in [9.17, 15) is 10.1 Å². The van der Waals surface area contributed by atoms with Gasteiger partial charge in [0.1, 0.15) is 5.69 Å². The van der Waals surface area contributed by atoms with Gasteiger partial charge in [0.15, 0.2) is 0 Å². The van der Waals surface area contributed by atoms with Crippen molar-refractivity contribution in [3.63, 3.8) is 0 Å². The van der Waals surface area contributed by atoms with E-state index in [4.69, 9.17) is 4.52 Å². The highest BCUT2D eigenvalue weighted by Crippen LogP contribution is 2.31. The Morgan fingerprint density at radius 2 is 1.79 bits per heavy atom. The molecule has 0 saturated heterocycles. The lowest BCUT2D eigenvalue weighted by molar-refractivity contribution is -0.383. The van der Waals surface area contributed by atoms with Crippen LogP contribution in [0.3, 0.4) is 0 Å². The van der Waals surface area contributed by atoms with Crippen LogP contribution in [0.5, 0.6) is 0 Å². The molecule has 0 aliphatic rings. The average Bonchev–Trinajstić information content (AvgIpc) is 3.24. The predicted octanol–water partition coefficient (Wildman–Crippen LogP) is 4.63. The van der Waals surface area contributed by atoms with E-state index >= 15 is 0 Å². The van der Waals surface area contributed by atoms with Crippen LogP contribution in [0.25, 0.3) is 22.8 Å². The van der Waals surface area contributed by atoms with Gasteiger partial charge < -0.3 is 9.84 Å². The molecule has 8 heteroatoms. The number of benzene rings is 2. The SMILES string of the molecule is Cc1ccc(CNc2ccc(-c3nc(-c4ccncc4)no3)cc2[N+](=O)[O-])cc1. The summed E-state index contributed by atoms with van der Waals surface area (Å²) in [5.74, 6) is 0.608. The summed E-state index contributed by atoms with van der Waals surface area (Å²) in [6.45, 7) is 2.49. The summed E-state index contributed by atoms with van der Waals surface area (Å²) in [5, 5.41) is 18.6. The monoisotopic (exact) mass is 387 g/mol. The normalized spacial score (nSPS) is 10.7. The molecule has 0 amide bonds. The van der Waals surface area contributed by atoms with Crippen LogP contribution in [0.2, 0.25) is 0 Å². The van der Waals surface area contributed by atoms with E-state index in [2.05, 4.69) is 20.4 Å². The number of anilines is 1. The topological polar surface area (TPSA) is 107 Å². The first-order valence-corrected chi connectivity index (χ1v) is 8.92. The number of aromatic nitrogens is 3. The quantitative estimate of drug-likeness (QED) is 0.380. The number of pyridine rings is 1. The zero-order chi connectivity index (χ0) is 20.2. The molecule has 0 bridgehead atoms. The zero-order valence-corrected chi connectivity index (χ0v) is 15.6. The first-order valence-electron chi connectivity index (χ1n) is 8.92. The number of aryl methyl sites for hydroxylation is 1. The Labute approximate surface area is 166 Å². The maximum Gasteiger partial charge on any atom is 0.293 e. The van der Waals surface area contributed by atoms with Gasteiger partial charge in [0, 0.05) is 36.1 Å². The molecule has 0 spiro atoms. The van der Waals surface area contributed by atoms with Gasteiger partial charge in [-0.2, -0.15) is 4.98 Å². The van der Waals surface area contributed by atoms with Gasteiger partial charge in [0.05, 0.1) is 4.92 Å². The number of nitro benzene ring substituents is 1. The molecule has 0 aliphatic heterocycles. The van der Waals surface area contributed by atoms with Crippen LogP contribution in [0.1, 0.15) is 11.1 Å². The summed E-state index contributed by atoms with van der Waals surface area (Å²) in [7, 11) is 0. The molecule has 144 valence electrons. The van der Waals surface area contributed by atoms with Gasteiger partial charge in [-0.25, -0.2) is 0 Å². The van der Waals surface area contributed by atoms with Gasteiger partial charge in [-0.3, -0.25) is 15.1 Å². The average molecular weight is 387 g/mol. The predicted molar refractivity (Wildman–Crippen MR) is 108 cm³/mol. The van der Waals surface area contributed by atoms with Crippen LogP contribution in [0.4, 0.5) is 11.4 Å². The minimum absolute atomic E-state index is 0.0572. The summed E-state index contributed by atoms with van der Waals surface area (Å²) in [4.78, 5) is 19.4. The number of hydrogen-bond acceptors (Lipinski definition) is 7. The zero-order valence-electron chi connectivity index (χ0n) is 15.6. The summed E-state index contributed by atoms with van der Waals surface area (Å²) < 4.78 is 5.30. The third-order valence-corrected chi connectivity index (χ3v) is 4.41. The fraction of sp³-hybridized carbons (Fsp3) is 0.0952. The lowest BCUT2D eigenvalue weighted by atomic mass is 10.1. The van der Waals surface area contributed by atoms with Crippen molar-refractivity contribution in [2.24, 2.45) is 0 Å². The van der Waals surface area contributed by atoms with Crippen molar-refractivity contribution in [2.75, 3.05) is 5.32 Å². The van der Waals surface area contributed by atoms with Gasteiger partial charge in [0.2, 0.25) is 5.82 Å². The Morgan fingerprint density at radius 1 is 1.03 bits per heavy atom. The van der Waals surface area contributed by atoms with Crippen molar-refractivity contribution in [2.45, 2.75) is 13.5 Å². The Kier molecular flexibility index (Phi) is 4.98. The lowest BCUT2D eigenvalue weighted by Crippen LogP contribution is -2.03. The summed E-state index contributed by atoms with van der Waals surface area (Å²) in [6.07, 6.45) is 3.26. The third-order valence-electron chi connectivity index (χ3n) is 4.41. The molecular weight excluding hydrogens is 370 g/mol. The highest BCUT2D eigenvalue weighted by Gasteiger charge is 2.18. The molecule has 0 saturated carbocycles. The van der Waals surface area contributed by atoms with Gasteiger partial charge in [-0.05, 0) is 36.8 Å². The highest BCUT2D eigenvalue weighted by molar-refractivity contribution is 5.70. The van der Waals surface area contributed by atoms with Crippen molar-refractivity contribution in [1.29, 1.82) is 0 Å². The fourth-order valence-corrected chi connectivity index (χ4v) is 2.83. The molecule has 29 heavy (non-hydrogen) atoms. The molecular formula is C21H17N5O3. The molecule has 4 aromatic rings. The van der Waals surface area contributed by atoms with Crippen molar-refractivity contribution in [1.82, 2.24) is 15.1 Å². The van der Waals surface area contributed by atoms with Crippen LogP contribution in [-0.4, -0.2) is 20.0 Å². The van der Waals surface area contributed by atoms with Crippen molar-refractivity contribution < 1.29 is 9.45 Å². The van der Waals surface area contributed by atoms with E-state index in [0.29, 0.717) is 23.6 Å². The summed E-state index contributed by atoms with van der Waals surface area (Å²) >= 11 is 0. The minimum atomic E-state index is -0.429. The van der Waals surface area contributed by atoms with E-state index in [1.165, 1.54) is 6.07 Å². The van der Waals surface area contributed by atoms with Crippen LogP contribution >= 0.6 is 0 Å². The number of hydrogen-bond donors (Lipinski definition) is 1. The number of rotatable bonds is 6. The van der Waals surface area contributed by atoms with Crippen LogP contribution < -0.4 is 5.32 Å². The largest absolute Gasteiger partial charge is 0.375 e. The molecule has 0 aliphatic carbocycles. The van der Waals surface area contributed by atoms with Crippen molar-refractivity contribution in [3.8, 4) is 22.8 Å². The number of nitro groups is 1. The molecule has 0 unspecified atom stereocenters. The second-order valence-electron chi connectivity index (χ2n) is 6.49. The second-order valence-corrected chi connectivity index (χ2v) is 6.49. The first-order chi connectivity index (χ1) is 14.1. The van der Waals surface area contributed by atoms with Gasteiger partial charge >= 0.3 is 0 Å².